The van der Waals surface area contributed by atoms with Crippen LogP contribution in [0.3, 0.4) is 0 Å². The van der Waals surface area contributed by atoms with Crippen molar-refractivity contribution in [3.05, 3.63) is 24.0 Å². The van der Waals surface area contributed by atoms with Crippen LogP contribution in [0.15, 0.2) is 24.0 Å². The Kier molecular flexibility index (Phi) is 1.90. The second kappa shape index (κ2) is 2.58. The molecule has 0 bridgehead atoms. The molecular formula is C6H7BrN2O2. The van der Waals surface area contributed by atoms with Crippen molar-refractivity contribution in [1.29, 1.82) is 0 Å². The molecule has 0 aromatic heterocycles. The molecule has 1 aliphatic rings. The highest BCUT2D eigenvalue weighted by atomic mass is 79.9. The van der Waals surface area contributed by atoms with Crippen LogP contribution in [0.2, 0.25) is 0 Å². The van der Waals surface area contributed by atoms with E-state index in [4.69, 9.17) is 10.8 Å². The second-order valence-electron chi connectivity index (χ2n) is 2.14. The van der Waals surface area contributed by atoms with Crippen molar-refractivity contribution >= 4 is 21.9 Å². The van der Waals surface area contributed by atoms with Gasteiger partial charge in [-0.15, -0.1) is 0 Å². The molecule has 0 spiro atoms. The molecule has 4 N–H and O–H groups in total. The normalized spacial score (nSPS) is 29.0. The van der Waals surface area contributed by atoms with Crippen LogP contribution in [0, 0.1) is 0 Å². The van der Waals surface area contributed by atoms with Gasteiger partial charge in [-0.2, -0.15) is 0 Å². The fourth-order valence-electron chi connectivity index (χ4n) is 0.629. The summed E-state index contributed by atoms with van der Waals surface area (Å²) in [6.07, 6.45) is 4.40. The Balaban J connectivity index is 2.82. The van der Waals surface area contributed by atoms with Gasteiger partial charge in [0.15, 0.2) is 0 Å². The largest absolute Gasteiger partial charge is 0.479 e. The van der Waals surface area contributed by atoms with Gasteiger partial charge < -0.3 is 16.2 Å². The number of carbonyl (C=O) groups is 1. The highest BCUT2D eigenvalue weighted by Crippen LogP contribution is 2.19. The van der Waals surface area contributed by atoms with Crippen LogP contribution in [0.1, 0.15) is 0 Å². The third-order valence-corrected chi connectivity index (χ3v) is 2.10. The lowest BCUT2D eigenvalue weighted by Crippen LogP contribution is -2.43. The van der Waals surface area contributed by atoms with E-state index in [1.165, 1.54) is 18.4 Å². The van der Waals surface area contributed by atoms with Gasteiger partial charge in [-0.1, -0.05) is 0 Å². The number of alkyl halides is 1. The third kappa shape index (κ3) is 1.54. The maximum Gasteiger partial charge on any atom is 0.344 e. The van der Waals surface area contributed by atoms with Crippen LogP contribution >= 0.6 is 15.9 Å². The molecule has 0 saturated heterocycles. The highest BCUT2D eigenvalue weighted by molar-refractivity contribution is 9.10. The standard InChI is InChI=1S/C6H7BrN2O2/c7-6(5(10)11)2-1-4(8)3-9-6/h1-3,9H,8H2,(H,10,11). The lowest BCUT2D eigenvalue weighted by atomic mass is 10.2. The maximum atomic E-state index is 10.6. The zero-order valence-electron chi connectivity index (χ0n) is 5.54. The molecule has 60 valence electrons. The predicted octanol–water partition coefficient (Wildman–Crippen LogP) is 0.122. The Morgan fingerprint density at radius 2 is 2.45 bits per heavy atom. The van der Waals surface area contributed by atoms with Gasteiger partial charge in [0.1, 0.15) is 0 Å². The molecular weight excluding hydrogens is 212 g/mol. The molecule has 1 rings (SSSR count). The first-order chi connectivity index (χ1) is 5.04. The smallest absolute Gasteiger partial charge is 0.344 e. The molecule has 1 heterocycles. The monoisotopic (exact) mass is 218 g/mol. The summed E-state index contributed by atoms with van der Waals surface area (Å²) in [5, 5.41) is 11.2. The highest BCUT2D eigenvalue weighted by Gasteiger charge is 2.32. The van der Waals surface area contributed by atoms with Crippen molar-refractivity contribution in [1.82, 2.24) is 5.32 Å². The van der Waals surface area contributed by atoms with E-state index in [9.17, 15) is 4.79 Å². The van der Waals surface area contributed by atoms with Crippen LogP contribution < -0.4 is 11.1 Å². The first-order valence-corrected chi connectivity index (χ1v) is 3.69. The van der Waals surface area contributed by atoms with E-state index in [0.717, 1.165) is 0 Å². The van der Waals surface area contributed by atoms with Gasteiger partial charge in [0, 0.05) is 11.9 Å². The minimum atomic E-state index is -1.20. The van der Waals surface area contributed by atoms with E-state index < -0.39 is 10.4 Å². The van der Waals surface area contributed by atoms with Crippen molar-refractivity contribution in [3.63, 3.8) is 0 Å². The number of allylic oxidation sites excluding steroid dienone is 1. The lowest BCUT2D eigenvalue weighted by molar-refractivity contribution is -0.138. The summed E-state index contributed by atoms with van der Waals surface area (Å²) in [6, 6.07) is 0. The van der Waals surface area contributed by atoms with Crippen molar-refractivity contribution in [2.45, 2.75) is 4.45 Å². The second-order valence-corrected chi connectivity index (χ2v) is 3.39. The summed E-state index contributed by atoms with van der Waals surface area (Å²) in [7, 11) is 0. The number of halogens is 1. The fraction of sp³-hybridized carbons (Fsp3) is 0.167. The molecule has 11 heavy (non-hydrogen) atoms. The van der Waals surface area contributed by atoms with E-state index in [2.05, 4.69) is 21.2 Å². The molecule has 0 aromatic carbocycles. The van der Waals surface area contributed by atoms with Crippen molar-refractivity contribution in [2.24, 2.45) is 5.73 Å². The number of dihydropyridines is 1. The molecule has 0 saturated carbocycles. The van der Waals surface area contributed by atoms with E-state index in [0.29, 0.717) is 5.70 Å². The number of nitrogens with one attached hydrogen (secondary N) is 1. The topological polar surface area (TPSA) is 75.3 Å². The van der Waals surface area contributed by atoms with E-state index >= 15 is 0 Å². The molecule has 0 radical (unpaired) electrons. The van der Waals surface area contributed by atoms with Crippen LogP contribution in [0.4, 0.5) is 0 Å². The Morgan fingerprint density at radius 3 is 2.82 bits per heavy atom. The first-order valence-electron chi connectivity index (χ1n) is 2.89. The van der Waals surface area contributed by atoms with Crippen LogP contribution in [-0.2, 0) is 4.79 Å². The zero-order chi connectivity index (χ0) is 8.48. The summed E-state index contributed by atoms with van der Waals surface area (Å²) >= 11 is 2.99. The molecule has 1 unspecified atom stereocenters. The summed E-state index contributed by atoms with van der Waals surface area (Å²) < 4.78 is -1.20. The Bertz CT molecular complexity index is 249. The number of carboxylic acid groups (broad SMARTS) is 1. The Hall–Kier alpha value is -0.970. The average Bonchev–Trinajstić information content (AvgIpc) is 1.95. The molecule has 5 heteroatoms. The van der Waals surface area contributed by atoms with E-state index in [1.807, 2.05) is 0 Å². The van der Waals surface area contributed by atoms with Crippen LogP contribution in [-0.4, -0.2) is 15.5 Å². The average molecular weight is 219 g/mol. The van der Waals surface area contributed by atoms with Gasteiger partial charge in [-0.3, -0.25) is 0 Å². The van der Waals surface area contributed by atoms with Crippen LogP contribution in [0.25, 0.3) is 0 Å². The number of rotatable bonds is 1. The summed E-state index contributed by atoms with van der Waals surface area (Å²) in [5.41, 5.74) is 5.86. The number of nitrogens with two attached hydrogens (primary N) is 1. The zero-order valence-corrected chi connectivity index (χ0v) is 7.13. The van der Waals surface area contributed by atoms with Gasteiger partial charge in [-0.25, -0.2) is 4.79 Å². The van der Waals surface area contributed by atoms with Gasteiger partial charge in [0.05, 0.1) is 0 Å². The number of hydrogen-bond acceptors (Lipinski definition) is 3. The van der Waals surface area contributed by atoms with Gasteiger partial charge >= 0.3 is 5.97 Å². The van der Waals surface area contributed by atoms with E-state index in [-0.39, 0.29) is 0 Å². The Labute approximate surface area is 71.9 Å². The van der Waals surface area contributed by atoms with Crippen molar-refractivity contribution in [2.75, 3.05) is 0 Å². The lowest BCUT2D eigenvalue weighted by Gasteiger charge is -2.22. The van der Waals surface area contributed by atoms with Gasteiger partial charge in [0.2, 0.25) is 4.45 Å². The molecule has 0 amide bonds. The molecule has 1 aliphatic heterocycles. The third-order valence-electron chi connectivity index (χ3n) is 1.27. The molecule has 0 aromatic rings. The summed E-state index contributed by atoms with van der Waals surface area (Å²) in [5.74, 6) is -1.00. The molecule has 1 atom stereocenters. The SMILES string of the molecule is NC1=CNC(Br)(C(=O)O)C=C1. The van der Waals surface area contributed by atoms with Gasteiger partial charge in [0.25, 0.3) is 0 Å². The van der Waals surface area contributed by atoms with E-state index in [1.54, 1.807) is 0 Å². The van der Waals surface area contributed by atoms with Crippen LogP contribution in [0.5, 0.6) is 0 Å². The number of hydrogen-bond donors (Lipinski definition) is 3. The number of aliphatic carboxylic acids is 1. The first kappa shape index (κ1) is 8.13. The minimum Gasteiger partial charge on any atom is -0.479 e. The van der Waals surface area contributed by atoms with Crippen molar-refractivity contribution in [3.8, 4) is 0 Å². The quantitative estimate of drug-likeness (QED) is 0.432. The summed E-state index contributed by atoms with van der Waals surface area (Å²) in [6.45, 7) is 0. The van der Waals surface area contributed by atoms with Gasteiger partial charge in [-0.05, 0) is 28.1 Å². The number of carboxylic acids is 1. The maximum absolute atomic E-state index is 10.6. The fourth-order valence-corrected chi connectivity index (χ4v) is 0.875. The molecule has 0 fully saturated rings. The summed E-state index contributed by atoms with van der Waals surface area (Å²) in [4.78, 5) is 10.6. The molecule has 4 nitrogen and oxygen atoms in total. The minimum absolute atomic E-state index is 0.501. The van der Waals surface area contributed by atoms with Crippen molar-refractivity contribution < 1.29 is 9.90 Å². The Morgan fingerprint density at radius 1 is 1.82 bits per heavy atom. The molecule has 0 aliphatic carbocycles. The predicted molar refractivity (Wildman–Crippen MR) is 43.8 cm³/mol.